The minimum Gasteiger partial charge on any atom is -0.342 e. The summed E-state index contributed by atoms with van der Waals surface area (Å²) in [5, 5.41) is 0. The number of nitrogens with zero attached hydrogens (tertiary/aromatic N) is 1. The van der Waals surface area contributed by atoms with Gasteiger partial charge in [0.1, 0.15) is 0 Å². The molecule has 0 N–H and O–H groups in total. The van der Waals surface area contributed by atoms with Crippen molar-refractivity contribution in [3.8, 4) is 0 Å². The number of benzene rings is 1. The second-order valence-electron chi connectivity index (χ2n) is 4.56. The van der Waals surface area contributed by atoms with Crippen molar-refractivity contribution < 1.29 is 4.79 Å². The average molecular weight is 328 g/mol. The summed E-state index contributed by atoms with van der Waals surface area (Å²) in [7, 11) is 0. The summed E-state index contributed by atoms with van der Waals surface area (Å²) >= 11 is 5.13. The predicted octanol–water partition coefficient (Wildman–Crippen LogP) is 3.69. The number of piperidine rings is 1. The van der Waals surface area contributed by atoms with Gasteiger partial charge < -0.3 is 4.90 Å². The molecule has 2 rings (SSSR count). The van der Waals surface area contributed by atoms with Crippen LogP contribution in [0, 0.1) is 0 Å². The topological polar surface area (TPSA) is 20.3 Å². The molecule has 0 spiro atoms. The summed E-state index contributed by atoms with van der Waals surface area (Å²) in [6, 6.07) is 8.29. The molecule has 1 aromatic rings. The Bertz CT molecular complexity index is 387. The molecule has 18 heavy (non-hydrogen) atoms. The number of rotatable bonds is 4. The Balaban J connectivity index is 1.71. The lowest BCUT2D eigenvalue weighted by molar-refractivity contribution is -0.129. The Kier molecular flexibility index (Phi) is 5.57. The molecule has 0 atom stereocenters. The van der Waals surface area contributed by atoms with E-state index in [9.17, 15) is 4.79 Å². The molecule has 4 heteroatoms. The summed E-state index contributed by atoms with van der Waals surface area (Å²) in [6.07, 6.45) is 3.61. The lowest BCUT2D eigenvalue weighted by Gasteiger charge is -2.26. The lowest BCUT2D eigenvalue weighted by atomic mass is 10.1. The molecule has 1 aliphatic rings. The van der Waals surface area contributed by atoms with Crippen molar-refractivity contribution in [2.45, 2.75) is 25.0 Å². The third-order valence-electron chi connectivity index (χ3n) is 3.12. The average Bonchev–Trinajstić information content (AvgIpc) is 2.42. The molecule has 1 amide bonds. The number of carbonyl (C=O) groups excluding carboxylic acids is 1. The zero-order valence-electron chi connectivity index (χ0n) is 10.4. The van der Waals surface area contributed by atoms with E-state index in [2.05, 4.69) is 28.1 Å². The molecule has 0 saturated carbocycles. The van der Waals surface area contributed by atoms with E-state index >= 15 is 0 Å². The summed E-state index contributed by atoms with van der Waals surface area (Å²) in [4.78, 5) is 14.0. The van der Waals surface area contributed by atoms with E-state index in [0.29, 0.717) is 11.7 Å². The van der Waals surface area contributed by atoms with Crippen LogP contribution in [0.4, 0.5) is 0 Å². The maximum atomic E-state index is 11.9. The van der Waals surface area contributed by atoms with Gasteiger partial charge in [0.25, 0.3) is 0 Å². The van der Waals surface area contributed by atoms with Crippen LogP contribution in [0.2, 0.25) is 0 Å². The van der Waals surface area contributed by atoms with Gasteiger partial charge in [0.15, 0.2) is 0 Å². The number of amides is 1. The fraction of sp³-hybridized carbons (Fsp3) is 0.500. The van der Waals surface area contributed by atoms with Gasteiger partial charge in [-0.3, -0.25) is 4.79 Å². The van der Waals surface area contributed by atoms with E-state index in [1.165, 1.54) is 24.8 Å². The van der Waals surface area contributed by atoms with Gasteiger partial charge in [-0.25, -0.2) is 0 Å². The Morgan fingerprint density at radius 1 is 1.17 bits per heavy atom. The zero-order valence-corrected chi connectivity index (χ0v) is 12.8. The molecular weight excluding hydrogens is 310 g/mol. The van der Waals surface area contributed by atoms with Crippen LogP contribution in [0.25, 0.3) is 0 Å². The van der Waals surface area contributed by atoms with E-state index in [1.807, 2.05) is 17.0 Å². The van der Waals surface area contributed by atoms with E-state index in [1.54, 1.807) is 11.8 Å². The Labute approximate surface area is 121 Å². The second-order valence-corrected chi connectivity index (χ2v) is 6.46. The van der Waals surface area contributed by atoms with Crippen LogP contribution in [0.15, 0.2) is 28.7 Å². The maximum Gasteiger partial charge on any atom is 0.232 e. The highest BCUT2D eigenvalue weighted by Crippen LogP contribution is 2.17. The summed E-state index contributed by atoms with van der Waals surface area (Å²) < 4.78 is 1.10. The molecular formula is C14H18BrNOS. The molecule has 0 aliphatic carbocycles. The highest BCUT2D eigenvalue weighted by Gasteiger charge is 2.15. The molecule has 98 valence electrons. The highest BCUT2D eigenvalue weighted by molar-refractivity contribution is 9.10. The largest absolute Gasteiger partial charge is 0.342 e. The first kappa shape index (κ1) is 13.9. The van der Waals surface area contributed by atoms with Crippen molar-refractivity contribution in [2.24, 2.45) is 0 Å². The van der Waals surface area contributed by atoms with Crippen molar-refractivity contribution in [1.29, 1.82) is 0 Å². The fourth-order valence-electron chi connectivity index (χ4n) is 2.07. The molecule has 1 saturated heterocycles. The van der Waals surface area contributed by atoms with Crippen LogP contribution < -0.4 is 0 Å². The summed E-state index contributed by atoms with van der Waals surface area (Å²) in [6.45, 7) is 1.91. The fourth-order valence-corrected chi connectivity index (χ4v) is 3.22. The molecule has 2 nitrogen and oxygen atoms in total. The Morgan fingerprint density at radius 3 is 2.50 bits per heavy atom. The van der Waals surface area contributed by atoms with Crippen LogP contribution in [-0.2, 0) is 10.5 Å². The third kappa shape index (κ3) is 4.32. The monoisotopic (exact) mass is 327 g/mol. The van der Waals surface area contributed by atoms with Gasteiger partial charge >= 0.3 is 0 Å². The van der Waals surface area contributed by atoms with E-state index in [4.69, 9.17) is 0 Å². The number of thioether (sulfide) groups is 1. The van der Waals surface area contributed by atoms with E-state index in [-0.39, 0.29) is 0 Å². The van der Waals surface area contributed by atoms with Gasteiger partial charge in [-0.2, -0.15) is 0 Å². The van der Waals surface area contributed by atoms with Crippen molar-refractivity contribution in [1.82, 2.24) is 4.90 Å². The summed E-state index contributed by atoms with van der Waals surface area (Å²) in [5.74, 6) is 1.82. The first-order valence-corrected chi connectivity index (χ1v) is 8.30. The normalized spacial score (nSPS) is 15.7. The quantitative estimate of drug-likeness (QED) is 0.840. The summed E-state index contributed by atoms with van der Waals surface area (Å²) in [5.41, 5.74) is 1.27. The number of halogens is 1. The maximum absolute atomic E-state index is 11.9. The SMILES string of the molecule is O=C(CSCc1ccc(Br)cc1)N1CCCCC1. The van der Waals surface area contributed by atoms with Crippen molar-refractivity contribution >= 4 is 33.6 Å². The molecule has 0 radical (unpaired) electrons. The second kappa shape index (κ2) is 7.19. The third-order valence-corrected chi connectivity index (χ3v) is 4.63. The minimum absolute atomic E-state index is 0.303. The van der Waals surface area contributed by atoms with Gasteiger partial charge in [-0.05, 0) is 37.0 Å². The lowest BCUT2D eigenvalue weighted by Crippen LogP contribution is -2.36. The van der Waals surface area contributed by atoms with Crippen molar-refractivity contribution in [2.75, 3.05) is 18.8 Å². The molecule has 1 aliphatic heterocycles. The molecule has 1 heterocycles. The molecule has 0 bridgehead atoms. The molecule has 0 aromatic heterocycles. The first-order valence-electron chi connectivity index (χ1n) is 6.35. The van der Waals surface area contributed by atoms with Crippen LogP contribution in [-0.4, -0.2) is 29.6 Å². The van der Waals surface area contributed by atoms with E-state index in [0.717, 1.165) is 23.3 Å². The van der Waals surface area contributed by atoms with Crippen molar-refractivity contribution in [3.05, 3.63) is 34.3 Å². The predicted molar refractivity (Wildman–Crippen MR) is 80.7 cm³/mol. The number of likely N-dealkylation sites (tertiary alicyclic amines) is 1. The molecule has 1 fully saturated rings. The Hall–Kier alpha value is -0.480. The van der Waals surface area contributed by atoms with Gasteiger partial charge in [-0.15, -0.1) is 11.8 Å². The van der Waals surface area contributed by atoms with Gasteiger partial charge in [-0.1, -0.05) is 28.1 Å². The van der Waals surface area contributed by atoms with Crippen LogP contribution >= 0.6 is 27.7 Å². The van der Waals surface area contributed by atoms with Gasteiger partial charge in [0, 0.05) is 23.3 Å². The van der Waals surface area contributed by atoms with Gasteiger partial charge in [0.2, 0.25) is 5.91 Å². The smallest absolute Gasteiger partial charge is 0.232 e. The first-order chi connectivity index (χ1) is 8.75. The highest BCUT2D eigenvalue weighted by atomic mass is 79.9. The molecule has 0 unspecified atom stereocenters. The molecule has 1 aromatic carbocycles. The van der Waals surface area contributed by atoms with E-state index < -0.39 is 0 Å². The number of carbonyl (C=O) groups is 1. The standard InChI is InChI=1S/C14H18BrNOS/c15-13-6-4-12(5-7-13)10-18-11-14(17)16-8-2-1-3-9-16/h4-7H,1-3,8-11H2. The number of hydrogen-bond acceptors (Lipinski definition) is 2. The Morgan fingerprint density at radius 2 is 1.83 bits per heavy atom. The van der Waals surface area contributed by atoms with Crippen LogP contribution in [0.1, 0.15) is 24.8 Å². The van der Waals surface area contributed by atoms with Gasteiger partial charge in [0.05, 0.1) is 5.75 Å². The van der Waals surface area contributed by atoms with Crippen molar-refractivity contribution in [3.63, 3.8) is 0 Å². The number of hydrogen-bond donors (Lipinski definition) is 0. The minimum atomic E-state index is 0.303. The van der Waals surface area contributed by atoms with Crippen LogP contribution in [0.3, 0.4) is 0 Å². The zero-order chi connectivity index (χ0) is 12.8. The van der Waals surface area contributed by atoms with Crippen LogP contribution in [0.5, 0.6) is 0 Å².